The first-order chi connectivity index (χ1) is 20.5. The van der Waals surface area contributed by atoms with Crippen LogP contribution in [0.25, 0.3) is 0 Å². The van der Waals surface area contributed by atoms with Crippen molar-refractivity contribution >= 4 is 48.7 Å². The van der Waals surface area contributed by atoms with Crippen LogP contribution in [0.3, 0.4) is 0 Å². The van der Waals surface area contributed by atoms with Crippen molar-refractivity contribution in [2.45, 2.75) is 139 Å². The molecule has 0 aromatic heterocycles. The van der Waals surface area contributed by atoms with E-state index in [2.05, 4.69) is 127 Å². The molecule has 1 aliphatic rings. The van der Waals surface area contributed by atoms with Gasteiger partial charge in [0.2, 0.25) is 0 Å². The minimum absolute atomic E-state index is 0.194. The number of benzene rings is 2. The van der Waals surface area contributed by atoms with Crippen molar-refractivity contribution in [2.24, 2.45) is 15.0 Å². The first-order valence-electron chi connectivity index (χ1n) is 16.1. The zero-order valence-electron chi connectivity index (χ0n) is 29.5. The predicted octanol–water partition coefficient (Wildman–Crippen LogP) is 13.4. The molecule has 0 saturated heterocycles. The molecule has 44 heavy (non-hydrogen) atoms. The Morgan fingerprint density at radius 1 is 0.591 bits per heavy atom. The van der Waals surface area contributed by atoms with Gasteiger partial charge in [-0.1, -0.05) is 113 Å². The van der Waals surface area contributed by atoms with E-state index in [-0.39, 0.29) is 13.1 Å². The molecule has 244 valence electrons. The summed E-state index contributed by atoms with van der Waals surface area (Å²) in [4.78, 5) is 15.6. The van der Waals surface area contributed by atoms with Crippen LogP contribution in [0.2, 0.25) is 0 Å². The molecule has 0 aliphatic carbocycles. The van der Waals surface area contributed by atoms with Crippen LogP contribution < -0.4 is 0 Å². The summed E-state index contributed by atoms with van der Waals surface area (Å²) in [6.07, 6.45) is 3.00. The Labute approximate surface area is 283 Å². The fourth-order valence-electron chi connectivity index (χ4n) is 5.44. The molecule has 2 aromatic carbocycles. The third-order valence-corrected chi connectivity index (χ3v) is 8.30. The SMILES string of the molecule is CC(=Nc1c(C(C)C)cc(C(C)C)cc1C(C)C)C1=CCC(C(C)=Nc2c(C(C)C)cc(C(C)C)cc2C(C)C)=N1.[Cl][Fe][Cl]. The van der Waals surface area contributed by atoms with Crippen molar-refractivity contribution in [3.05, 3.63) is 69.4 Å². The van der Waals surface area contributed by atoms with Crippen LogP contribution in [-0.4, -0.2) is 17.1 Å². The van der Waals surface area contributed by atoms with Crippen LogP contribution in [0.15, 0.2) is 51.0 Å². The van der Waals surface area contributed by atoms with Crippen molar-refractivity contribution in [1.82, 2.24) is 0 Å². The second-order valence-electron chi connectivity index (χ2n) is 13.8. The van der Waals surface area contributed by atoms with Crippen LogP contribution >= 0.6 is 20.2 Å². The summed E-state index contributed by atoms with van der Waals surface area (Å²) in [5.74, 6) is 2.58. The van der Waals surface area contributed by atoms with Crippen LogP contribution in [0, 0.1) is 0 Å². The molecule has 0 atom stereocenters. The number of hydrogen-bond donors (Lipinski definition) is 0. The fourth-order valence-corrected chi connectivity index (χ4v) is 5.44. The van der Waals surface area contributed by atoms with Gasteiger partial charge in [0.25, 0.3) is 0 Å². The topological polar surface area (TPSA) is 37.1 Å². The number of nitrogens with zero attached hydrogens (tertiary/aromatic N) is 3. The quantitative estimate of drug-likeness (QED) is 0.177. The second kappa shape index (κ2) is 17.3. The molecule has 1 aliphatic heterocycles. The summed E-state index contributed by atoms with van der Waals surface area (Å²) in [5.41, 5.74) is 14.3. The number of halogens is 2. The van der Waals surface area contributed by atoms with E-state index >= 15 is 0 Å². The van der Waals surface area contributed by atoms with Crippen LogP contribution in [0.5, 0.6) is 0 Å². The Morgan fingerprint density at radius 2 is 0.909 bits per heavy atom. The van der Waals surface area contributed by atoms with Gasteiger partial charge in [0.05, 0.1) is 34.2 Å². The Morgan fingerprint density at radius 3 is 1.20 bits per heavy atom. The van der Waals surface area contributed by atoms with Crippen molar-refractivity contribution < 1.29 is 13.1 Å². The molecular formula is C38H55Cl2FeN3. The third kappa shape index (κ3) is 9.89. The third-order valence-electron chi connectivity index (χ3n) is 8.30. The molecule has 0 amide bonds. The standard InChI is InChI=1S/C38H55N3.2ClH.Fe/c1-21(2)29-17-31(23(5)6)37(32(18-29)24(7)8)39-27(13)35-15-16-36(41-35)28(14)40-38-33(25(9)10)19-30(22(3)4)20-34(38)26(11)12;;;/h15,17-26H,16H2,1-14H3;2*1H;/q;;;+2/p-2. The zero-order chi connectivity index (χ0) is 33.5. The van der Waals surface area contributed by atoms with E-state index in [0.717, 1.165) is 40.6 Å². The summed E-state index contributed by atoms with van der Waals surface area (Å²) >= 11 is 0.194. The van der Waals surface area contributed by atoms with Gasteiger partial charge in [0.15, 0.2) is 0 Å². The molecule has 0 unspecified atom stereocenters. The van der Waals surface area contributed by atoms with Gasteiger partial charge in [-0.05, 0) is 82.7 Å². The van der Waals surface area contributed by atoms with E-state index < -0.39 is 0 Å². The molecule has 0 spiro atoms. The summed E-state index contributed by atoms with van der Waals surface area (Å²) in [7, 11) is 9.53. The summed E-state index contributed by atoms with van der Waals surface area (Å²) in [6.45, 7) is 31.5. The molecule has 0 fully saturated rings. The molecule has 0 bridgehead atoms. The van der Waals surface area contributed by atoms with Crippen molar-refractivity contribution in [3.8, 4) is 0 Å². The zero-order valence-corrected chi connectivity index (χ0v) is 32.1. The van der Waals surface area contributed by atoms with Gasteiger partial charge < -0.3 is 0 Å². The Kier molecular flexibility index (Phi) is 15.1. The van der Waals surface area contributed by atoms with Crippen molar-refractivity contribution in [3.63, 3.8) is 0 Å². The van der Waals surface area contributed by atoms with E-state index in [0.29, 0.717) is 35.5 Å². The number of rotatable bonds is 10. The van der Waals surface area contributed by atoms with Gasteiger partial charge in [-0.25, -0.2) is 4.99 Å². The molecule has 0 N–H and O–H groups in total. The van der Waals surface area contributed by atoms with E-state index in [1.807, 2.05) is 0 Å². The maximum absolute atomic E-state index is 5.28. The summed E-state index contributed by atoms with van der Waals surface area (Å²) < 4.78 is 0. The second-order valence-corrected chi connectivity index (χ2v) is 15.6. The molecular weight excluding hydrogens is 625 g/mol. The molecule has 6 heteroatoms. The van der Waals surface area contributed by atoms with E-state index in [1.54, 1.807) is 0 Å². The number of aliphatic imine (C=N–C) groups is 3. The molecule has 3 nitrogen and oxygen atoms in total. The summed E-state index contributed by atoms with van der Waals surface area (Å²) in [5, 5.41) is 0. The fraction of sp³-hybridized carbons (Fsp3) is 0.553. The summed E-state index contributed by atoms with van der Waals surface area (Å²) in [6, 6.07) is 9.47. The van der Waals surface area contributed by atoms with E-state index in [4.69, 9.17) is 35.2 Å². The number of allylic oxidation sites excluding steroid dienone is 2. The molecule has 3 rings (SSSR count). The van der Waals surface area contributed by atoms with E-state index in [9.17, 15) is 0 Å². The number of hydrogen-bond acceptors (Lipinski definition) is 3. The van der Waals surface area contributed by atoms with Crippen molar-refractivity contribution in [1.29, 1.82) is 0 Å². The normalized spacial score (nSPS) is 14.4. The monoisotopic (exact) mass is 679 g/mol. The van der Waals surface area contributed by atoms with Gasteiger partial charge in [-0.3, -0.25) is 9.98 Å². The molecule has 0 saturated carbocycles. The molecule has 0 radical (unpaired) electrons. The van der Waals surface area contributed by atoms with Crippen LogP contribution in [0.1, 0.15) is 172 Å². The maximum atomic E-state index is 5.28. The van der Waals surface area contributed by atoms with Crippen LogP contribution in [0.4, 0.5) is 11.4 Å². The van der Waals surface area contributed by atoms with Crippen molar-refractivity contribution in [2.75, 3.05) is 0 Å². The Bertz CT molecular complexity index is 1350. The predicted molar refractivity (Wildman–Crippen MR) is 195 cm³/mol. The van der Waals surface area contributed by atoms with Gasteiger partial charge >= 0.3 is 33.3 Å². The average Bonchev–Trinajstić information content (AvgIpc) is 3.43. The molecule has 1 heterocycles. The Balaban J connectivity index is 0.00000216. The Hall–Kier alpha value is -1.71. The van der Waals surface area contributed by atoms with Crippen LogP contribution in [-0.2, 0) is 13.1 Å². The van der Waals surface area contributed by atoms with Gasteiger partial charge in [-0.15, -0.1) is 0 Å². The van der Waals surface area contributed by atoms with E-state index in [1.165, 1.54) is 33.4 Å². The first kappa shape index (κ1) is 38.5. The van der Waals surface area contributed by atoms with Gasteiger partial charge in [-0.2, -0.15) is 0 Å². The first-order valence-corrected chi connectivity index (χ1v) is 19.2. The molecule has 2 aromatic rings. The minimum atomic E-state index is 0.194. The van der Waals surface area contributed by atoms with Gasteiger partial charge in [0.1, 0.15) is 0 Å². The average molecular weight is 681 g/mol. The van der Waals surface area contributed by atoms with Gasteiger partial charge in [0, 0.05) is 6.42 Å².